The van der Waals surface area contributed by atoms with Crippen LogP contribution in [0.3, 0.4) is 0 Å². The lowest BCUT2D eigenvalue weighted by molar-refractivity contribution is -0.137. The first-order chi connectivity index (χ1) is 15.8. The molecular weight excluding hydrogens is 447 g/mol. The molecule has 1 saturated carbocycles. The molecule has 1 aliphatic heterocycles. The lowest BCUT2D eigenvalue weighted by Gasteiger charge is -2.14. The van der Waals surface area contributed by atoms with Gasteiger partial charge >= 0.3 is 6.18 Å². The minimum Gasteiger partial charge on any atom is -0.490 e. The topological polar surface area (TPSA) is 29.5 Å². The number of hydrogen-bond acceptors (Lipinski definition) is 4. The van der Waals surface area contributed by atoms with Gasteiger partial charge in [0.15, 0.2) is 6.29 Å². The molecule has 7 heteroatoms. The highest BCUT2D eigenvalue weighted by Crippen LogP contribution is 2.30. The van der Waals surface area contributed by atoms with E-state index in [1.165, 1.54) is 25.0 Å². The number of benzene rings is 2. The maximum Gasteiger partial charge on any atom is 0.416 e. The summed E-state index contributed by atoms with van der Waals surface area (Å²) in [5.41, 5.74) is 1.10. The van der Waals surface area contributed by atoms with Crippen LogP contribution in [0.4, 0.5) is 13.2 Å². The second-order valence-corrected chi connectivity index (χ2v) is 9.74. The molecule has 0 aromatic heterocycles. The number of carbonyl (C=O) groups is 1. The lowest BCUT2D eigenvalue weighted by Crippen LogP contribution is -2.15. The predicted molar refractivity (Wildman–Crippen MR) is 127 cm³/mol. The van der Waals surface area contributed by atoms with E-state index in [2.05, 4.69) is 11.9 Å². The Bertz CT molecular complexity index is 895. The Morgan fingerprint density at radius 3 is 2.33 bits per heavy atom. The minimum absolute atomic E-state index is 0.304. The highest BCUT2D eigenvalue weighted by atomic mass is 32.2. The van der Waals surface area contributed by atoms with Crippen LogP contribution in [0.2, 0.25) is 0 Å². The third-order valence-electron chi connectivity index (χ3n) is 6.23. The van der Waals surface area contributed by atoms with Gasteiger partial charge in [0.1, 0.15) is 5.75 Å². The normalized spacial score (nSPS) is 19.2. The van der Waals surface area contributed by atoms with Gasteiger partial charge in [0, 0.05) is 11.4 Å². The van der Waals surface area contributed by atoms with E-state index in [-0.39, 0.29) is 0 Å². The average molecular weight is 480 g/mol. The molecule has 1 saturated heterocycles. The molecule has 1 atom stereocenters. The molecule has 2 fully saturated rings. The summed E-state index contributed by atoms with van der Waals surface area (Å²) in [5, 5.41) is 0. The van der Waals surface area contributed by atoms with E-state index in [9.17, 15) is 18.0 Å². The highest BCUT2D eigenvalue weighted by molar-refractivity contribution is 7.98. The van der Waals surface area contributed by atoms with E-state index in [0.717, 1.165) is 61.3 Å². The fourth-order valence-electron chi connectivity index (χ4n) is 4.39. The van der Waals surface area contributed by atoms with Gasteiger partial charge in [-0.25, -0.2) is 0 Å². The second-order valence-electron chi connectivity index (χ2n) is 8.86. The Hall–Kier alpha value is -1.99. The maximum atomic E-state index is 12.4. The van der Waals surface area contributed by atoms with Crippen molar-refractivity contribution in [3.8, 4) is 5.75 Å². The summed E-state index contributed by atoms with van der Waals surface area (Å²) in [6.45, 7) is 2.13. The number of alkyl halides is 3. The second kappa shape index (κ2) is 11.9. The van der Waals surface area contributed by atoms with Crippen LogP contribution in [0.1, 0.15) is 53.6 Å². The van der Waals surface area contributed by atoms with Crippen LogP contribution in [0.15, 0.2) is 47.4 Å². The predicted octanol–water partition coefficient (Wildman–Crippen LogP) is 6.74. The first-order valence-electron chi connectivity index (χ1n) is 11.4. The van der Waals surface area contributed by atoms with Gasteiger partial charge in [0.05, 0.1) is 17.2 Å². The van der Waals surface area contributed by atoms with Crippen LogP contribution in [0.5, 0.6) is 5.75 Å². The number of aldehydes is 1. The van der Waals surface area contributed by atoms with Crippen LogP contribution in [-0.2, 0) is 12.6 Å². The Kier molecular flexibility index (Phi) is 9.27. The van der Waals surface area contributed by atoms with Gasteiger partial charge in [-0.15, -0.1) is 11.8 Å². The van der Waals surface area contributed by atoms with E-state index in [1.54, 1.807) is 23.9 Å². The van der Waals surface area contributed by atoms with Crippen molar-refractivity contribution in [2.24, 2.45) is 5.92 Å². The molecule has 0 amide bonds. The smallest absolute Gasteiger partial charge is 0.416 e. The summed E-state index contributed by atoms with van der Waals surface area (Å²) in [5.74, 6) is 1.32. The van der Waals surface area contributed by atoms with Crippen molar-refractivity contribution in [3.63, 3.8) is 0 Å². The number of nitrogens with zero attached hydrogens (tertiary/aromatic N) is 1. The zero-order valence-electron chi connectivity index (χ0n) is 19.2. The highest BCUT2D eigenvalue weighted by Gasteiger charge is 2.30. The number of hydrogen-bond donors (Lipinski definition) is 0. The third-order valence-corrected chi connectivity index (χ3v) is 6.96. The molecule has 1 aliphatic carbocycles. The first-order valence-corrected chi connectivity index (χ1v) is 12.7. The van der Waals surface area contributed by atoms with Gasteiger partial charge in [0.2, 0.25) is 0 Å². The molecule has 0 spiro atoms. The maximum absolute atomic E-state index is 12.4. The number of ether oxygens (including phenoxy) is 1. The van der Waals surface area contributed by atoms with Crippen molar-refractivity contribution in [1.82, 2.24) is 4.90 Å². The fraction of sp³-hybridized carbons (Fsp3) is 0.500. The van der Waals surface area contributed by atoms with Crippen LogP contribution in [0, 0.1) is 5.92 Å². The Labute approximate surface area is 198 Å². The van der Waals surface area contributed by atoms with Gasteiger partial charge in [0.25, 0.3) is 0 Å². The molecule has 0 radical (unpaired) electrons. The number of rotatable bonds is 6. The largest absolute Gasteiger partial charge is 0.490 e. The van der Waals surface area contributed by atoms with E-state index in [4.69, 9.17) is 4.74 Å². The zero-order chi connectivity index (χ0) is 23.8. The summed E-state index contributed by atoms with van der Waals surface area (Å²) in [7, 11) is 2.08. The molecule has 180 valence electrons. The van der Waals surface area contributed by atoms with Gasteiger partial charge in [-0.1, -0.05) is 12.1 Å². The third kappa shape index (κ3) is 7.78. The molecule has 4 rings (SSSR count). The van der Waals surface area contributed by atoms with Gasteiger partial charge in [-0.05, 0) is 100 Å². The molecule has 2 aromatic rings. The molecule has 0 N–H and O–H groups in total. The molecule has 1 unspecified atom stereocenters. The van der Waals surface area contributed by atoms with Crippen LogP contribution in [-0.4, -0.2) is 43.7 Å². The van der Waals surface area contributed by atoms with Crippen LogP contribution >= 0.6 is 11.8 Å². The van der Waals surface area contributed by atoms with Gasteiger partial charge < -0.3 is 9.64 Å². The number of carbonyl (C=O) groups excluding carboxylic acids is 1. The fourth-order valence-corrected chi connectivity index (χ4v) is 4.84. The minimum atomic E-state index is -4.23. The molecule has 1 heterocycles. The van der Waals surface area contributed by atoms with E-state index in [0.29, 0.717) is 17.6 Å². The van der Waals surface area contributed by atoms with Crippen molar-refractivity contribution in [1.29, 1.82) is 0 Å². The molecule has 2 aromatic carbocycles. The summed E-state index contributed by atoms with van der Waals surface area (Å²) in [4.78, 5) is 14.3. The quantitative estimate of drug-likeness (QED) is 0.339. The van der Waals surface area contributed by atoms with Crippen LogP contribution in [0.25, 0.3) is 0 Å². The summed E-state index contributed by atoms with van der Waals surface area (Å²) in [6, 6.07) is 11.3. The number of thioether (sulfide) groups is 1. The molecule has 33 heavy (non-hydrogen) atoms. The van der Waals surface area contributed by atoms with Crippen molar-refractivity contribution < 1.29 is 22.7 Å². The standard InChI is InChI=1S/C13H16F3N.C13H16O2S/c1-17-7-6-11(9-17)8-10-2-4-12(5-3-10)13(14,15)16;1-16-12-6-7-13(10(8-12)9-14)15-11-4-2-3-5-11/h2-5,11H,6-9H2,1H3;6-9,11H,2-5H2,1H3. The van der Waals surface area contributed by atoms with E-state index >= 15 is 0 Å². The zero-order valence-corrected chi connectivity index (χ0v) is 20.1. The van der Waals surface area contributed by atoms with Crippen molar-refractivity contribution in [2.75, 3.05) is 26.4 Å². The average Bonchev–Trinajstić information content (AvgIpc) is 3.46. The van der Waals surface area contributed by atoms with Gasteiger partial charge in [-0.3, -0.25) is 4.79 Å². The first kappa shape index (κ1) is 25.6. The van der Waals surface area contributed by atoms with Gasteiger partial charge in [-0.2, -0.15) is 13.2 Å². The molecule has 3 nitrogen and oxygen atoms in total. The van der Waals surface area contributed by atoms with E-state index < -0.39 is 11.7 Å². The Morgan fingerprint density at radius 2 is 1.79 bits per heavy atom. The SMILES string of the molecule is CN1CCC(Cc2ccc(C(F)(F)F)cc2)C1.CSc1ccc(OC2CCCC2)c(C=O)c1. The van der Waals surface area contributed by atoms with Crippen molar-refractivity contribution in [3.05, 3.63) is 59.2 Å². The van der Waals surface area contributed by atoms with Crippen LogP contribution < -0.4 is 4.74 Å². The lowest BCUT2D eigenvalue weighted by atomic mass is 9.98. The number of halogens is 3. The van der Waals surface area contributed by atoms with E-state index in [1.807, 2.05) is 24.5 Å². The summed E-state index contributed by atoms with van der Waals surface area (Å²) >= 11 is 1.64. The van der Waals surface area contributed by atoms with Crippen molar-refractivity contribution >= 4 is 18.0 Å². The molecule has 2 aliphatic rings. The molecule has 0 bridgehead atoms. The Balaban J connectivity index is 0.000000186. The van der Waals surface area contributed by atoms with Crippen molar-refractivity contribution in [2.45, 2.75) is 55.7 Å². The molecular formula is C26H32F3NO2S. The Morgan fingerprint density at radius 1 is 1.09 bits per heavy atom. The summed E-state index contributed by atoms with van der Waals surface area (Å²) < 4.78 is 43.0. The summed E-state index contributed by atoms with van der Waals surface area (Å²) in [6.07, 6.45) is 5.68. The number of likely N-dealkylation sites (tertiary alicyclic amines) is 1. The monoisotopic (exact) mass is 479 g/mol.